The first-order chi connectivity index (χ1) is 18.0. The Morgan fingerprint density at radius 3 is 1.15 bits per heavy atom. The summed E-state index contributed by atoms with van der Waals surface area (Å²) < 4.78 is 0. The molecule has 2 rings (SSSR count). The first-order valence-electron chi connectivity index (χ1n) is 14.3. The predicted octanol–water partition coefficient (Wildman–Crippen LogP) is 7.58. The number of aromatic hydroxyl groups is 2. The first kappa shape index (κ1) is 33.2. The fraction of sp³-hybridized carbons (Fsp3) is 0.588. The van der Waals surface area contributed by atoms with Crippen molar-refractivity contribution < 1.29 is 19.8 Å². The number of carbonyl (C=O) groups excluding carboxylic acids is 2. The second-order valence-corrected chi connectivity index (χ2v) is 15.7. The number of phenols is 2. The minimum atomic E-state index is -0.679. The number of rotatable bonds is 6. The molecule has 2 atom stereocenters. The van der Waals surface area contributed by atoms with Gasteiger partial charge in [-0.1, -0.05) is 107 Å². The largest absolute Gasteiger partial charge is 0.508 e. The summed E-state index contributed by atoms with van der Waals surface area (Å²) in [6.45, 7) is 24.8. The van der Waals surface area contributed by atoms with Crippen LogP contribution in [0, 0.1) is 10.8 Å². The summed E-state index contributed by atoms with van der Waals surface area (Å²) in [6, 6.07) is 10.8. The average molecular weight is 553 g/mol. The molecule has 0 aliphatic rings. The van der Waals surface area contributed by atoms with Crippen LogP contribution in [0.5, 0.6) is 11.5 Å². The Kier molecular flexibility index (Phi) is 9.82. The Bertz CT molecular complexity index is 1110. The molecular formula is C34H52N2O4. The van der Waals surface area contributed by atoms with E-state index in [1.165, 1.54) is 0 Å². The fourth-order valence-electron chi connectivity index (χ4n) is 4.81. The van der Waals surface area contributed by atoms with Gasteiger partial charge in [0, 0.05) is 11.1 Å². The number of amides is 2. The van der Waals surface area contributed by atoms with Crippen LogP contribution in [0.15, 0.2) is 36.4 Å². The lowest BCUT2D eigenvalue weighted by atomic mass is 9.78. The van der Waals surface area contributed by atoms with Crippen molar-refractivity contribution in [2.75, 3.05) is 0 Å². The Hall–Kier alpha value is -3.02. The molecule has 6 heteroatoms. The molecule has 2 amide bonds. The van der Waals surface area contributed by atoms with E-state index >= 15 is 0 Å². The Labute approximate surface area is 241 Å². The minimum absolute atomic E-state index is 0.0539. The molecule has 0 aliphatic heterocycles. The lowest BCUT2D eigenvalue weighted by Gasteiger charge is -2.29. The molecule has 2 aromatic rings. The molecule has 0 saturated carbocycles. The van der Waals surface area contributed by atoms with Crippen molar-refractivity contribution in [2.24, 2.45) is 10.8 Å². The van der Waals surface area contributed by atoms with E-state index < -0.39 is 23.7 Å². The summed E-state index contributed by atoms with van der Waals surface area (Å²) in [4.78, 5) is 27.3. The number of hydrogen-bond donors (Lipinski definition) is 4. The third kappa shape index (κ3) is 9.28. The van der Waals surface area contributed by atoms with Gasteiger partial charge < -0.3 is 10.2 Å². The number of phenolic OH excluding ortho intramolecular Hbond substituents is 2. The second kappa shape index (κ2) is 11.8. The lowest BCUT2D eigenvalue weighted by molar-refractivity contribution is -0.131. The van der Waals surface area contributed by atoms with E-state index in [4.69, 9.17) is 0 Å². The highest BCUT2D eigenvalue weighted by molar-refractivity contribution is 5.90. The summed E-state index contributed by atoms with van der Waals surface area (Å²) in [7, 11) is 0. The number of nitrogens with one attached hydrogen (secondary N) is 2. The van der Waals surface area contributed by atoms with Gasteiger partial charge in [0.25, 0.3) is 0 Å². The van der Waals surface area contributed by atoms with Crippen molar-refractivity contribution in [1.82, 2.24) is 10.9 Å². The predicted molar refractivity (Wildman–Crippen MR) is 164 cm³/mol. The molecule has 40 heavy (non-hydrogen) atoms. The molecule has 0 heterocycles. The number of benzene rings is 2. The molecule has 6 nitrogen and oxygen atoms in total. The molecule has 2 unspecified atom stereocenters. The van der Waals surface area contributed by atoms with E-state index in [1.54, 1.807) is 12.1 Å². The maximum atomic E-state index is 13.6. The lowest BCUT2D eigenvalue weighted by Crippen LogP contribution is -2.46. The molecule has 0 bridgehead atoms. The molecule has 2 aromatic carbocycles. The van der Waals surface area contributed by atoms with Gasteiger partial charge in [-0.2, -0.15) is 0 Å². The molecule has 222 valence electrons. The maximum absolute atomic E-state index is 13.6. The normalized spacial score (nSPS) is 14.4. The van der Waals surface area contributed by atoms with Crippen molar-refractivity contribution in [3.05, 3.63) is 58.7 Å². The second-order valence-electron chi connectivity index (χ2n) is 15.7. The van der Waals surface area contributed by atoms with Crippen LogP contribution in [0.2, 0.25) is 0 Å². The Balaban J connectivity index is 2.43. The zero-order chi connectivity index (χ0) is 30.8. The van der Waals surface area contributed by atoms with Gasteiger partial charge in [-0.05, 0) is 57.8 Å². The highest BCUT2D eigenvalue weighted by Gasteiger charge is 2.33. The van der Waals surface area contributed by atoms with Crippen LogP contribution in [0.25, 0.3) is 0 Å². The monoisotopic (exact) mass is 552 g/mol. The van der Waals surface area contributed by atoms with Crippen LogP contribution in [0.1, 0.15) is 130 Å². The van der Waals surface area contributed by atoms with Crippen molar-refractivity contribution in [2.45, 2.75) is 119 Å². The van der Waals surface area contributed by atoms with Crippen LogP contribution >= 0.6 is 0 Å². The summed E-state index contributed by atoms with van der Waals surface area (Å²) in [5, 5.41) is 21.6. The zero-order valence-electron chi connectivity index (χ0n) is 26.7. The third-order valence-corrected chi connectivity index (χ3v) is 7.11. The minimum Gasteiger partial charge on any atom is -0.508 e. The molecular weight excluding hydrogens is 500 g/mol. The third-order valence-electron chi connectivity index (χ3n) is 7.11. The van der Waals surface area contributed by atoms with E-state index in [2.05, 4.69) is 52.4 Å². The first-order valence-corrected chi connectivity index (χ1v) is 14.3. The fourth-order valence-corrected chi connectivity index (χ4v) is 4.81. The molecule has 0 spiro atoms. The van der Waals surface area contributed by atoms with Crippen LogP contribution in [-0.2, 0) is 20.4 Å². The van der Waals surface area contributed by atoms with Crippen LogP contribution < -0.4 is 10.9 Å². The van der Waals surface area contributed by atoms with E-state index in [0.29, 0.717) is 24.0 Å². The SMILES string of the molecule is CC(C)(C)CC(C(=O)NNC(=O)C(CC(C)(C)C)c1cc(C(C)(C)C)ccc1O)c1cc(C(C)(C)C)ccc1O. The van der Waals surface area contributed by atoms with Crippen molar-refractivity contribution in [3.63, 3.8) is 0 Å². The highest BCUT2D eigenvalue weighted by atomic mass is 16.3. The van der Waals surface area contributed by atoms with Gasteiger partial charge in [-0.3, -0.25) is 20.4 Å². The number of hydrazine groups is 1. The molecule has 0 radical (unpaired) electrons. The van der Waals surface area contributed by atoms with Gasteiger partial charge in [0.05, 0.1) is 11.8 Å². The number of hydrogen-bond acceptors (Lipinski definition) is 4. The maximum Gasteiger partial charge on any atom is 0.246 e. The van der Waals surface area contributed by atoms with E-state index in [9.17, 15) is 19.8 Å². The van der Waals surface area contributed by atoms with Gasteiger partial charge >= 0.3 is 0 Å². The zero-order valence-corrected chi connectivity index (χ0v) is 26.7. The average Bonchev–Trinajstić information content (AvgIpc) is 2.77. The molecule has 4 N–H and O–H groups in total. The quantitative estimate of drug-likeness (QED) is 0.278. The van der Waals surface area contributed by atoms with Crippen LogP contribution in [0.3, 0.4) is 0 Å². The molecule has 0 aliphatic carbocycles. The van der Waals surface area contributed by atoms with Crippen molar-refractivity contribution in [1.29, 1.82) is 0 Å². The van der Waals surface area contributed by atoms with E-state index in [0.717, 1.165) is 11.1 Å². The van der Waals surface area contributed by atoms with Gasteiger partial charge in [0.15, 0.2) is 0 Å². The van der Waals surface area contributed by atoms with Gasteiger partial charge in [0.1, 0.15) is 11.5 Å². The van der Waals surface area contributed by atoms with Gasteiger partial charge in [0.2, 0.25) is 11.8 Å². The van der Waals surface area contributed by atoms with E-state index in [1.807, 2.05) is 65.8 Å². The van der Waals surface area contributed by atoms with Crippen molar-refractivity contribution >= 4 is 11.8 Å². The summed E-state index contributed by atoms with van der Waals surface area (Å²) in [5.41, 5.74) is 7.65. The Morgan fingerprint density at radius 1 is 0.600 bits per heavy atom. The number of carbonyl (C=O) groups is 2. The van der Waals surface area contributed by atoms with E-state index in [-0.39, 0.29) is 33.2 Å². The topological polar surface area (TPSA) is 98.7 Å². The van der Waals surface area contributed by atoms with Gasteiger partial charge in [-0.25, -0.2) is 0 Å². The molecule has 0 aromatic heterocycles. The Morgan fingerprint density at radius 2 is 0.900 bits per heavy atom. The van der Waals surface area contributed by atoms with Gasteiger partial charge in [-0.15, -0.1) is 0 Å². The van der Waals surface area contributed by atoms with Crippen LogP contribution in [-0.4, -0.2) is 22.0 Å². The van der Waals surface area contributed by atoms with Crippen molar-refractivity contribution in [3.8, 4) is 11.5 Å². The van der Waals surface area contributed by atoms with Crippen LogP contribution in [0.4, 0.5) is 0 Å². The summed E-state index contributed by atoms with van der Waals surface area (Å²) in [5.74, 6) is -2.04. The molecule has 0 fully saturated rings. The highest BCUT2D eigenvalue weighted by Crippen LogP contribution is 2.39. The molecule has 0 saturated heterocycles. The standard InChI is InChI=1S/C34H52N2O4/c1-31(2,3)19-25(23-17-21(33(7,8)9)13-15-27(23)37)29(39)35-36-30(40)26(20-32(4,5)6)24-18-22(34(10,11)12)14-16-28(24)38/h13-18,25-26,37-38H,19-20H2,1-12H3,(H,35,39)(H,36,40). The summed E-state index contributed by atoms with van der Waals surface area (Å²) >= 11 is 0. The summed E-state index contributed by atoms with van der Waals surface area (Å²) in [6.07, 6.45) is 0.936. The smallest absolute Gasteiger partial charge is 0.246 e.